The SMILES string of the molecule is CN(c1ccccc1F)c1ccc(CN)c2ccccc12. The first-order chi connectivity index (χ1) is 10.2. The summed E-state index contributed by atoms with van der Waals surface area (Å²) in [5.74, 6) is -0.230. The topological polar surface area (TPSA) is 29.3 Å². The Morgan fingerprint density at radius 1 is 0.857 bits per heavy atom. The van der Waals surface area contributed by atoms with Gasteiger partial charge in [-0.2, -0.15) is 0 Å². The lowest BCUT2D eigenvalue weighted by atomic mass is 10.0. The fraction of sp³-hybridized carbons (Fsp3) is 0.111. The van der Waals surface area contributed by atoms with Crippen LogP contribution in [0.1, 0.15) is 5.56 Å². The molecule has 0 aromatic heterocycles. The minimum atomic E-state index is -0.230. The van der Waals surface area contributed by atoms with E-state index in [1.165, 1.54) is 6.07 Å². The average molecular weight is 280 g/mol. The van der Waals surface area contributed by atoms with Crippen LogP contribution in [-0.2, 0) is 6.54 Å². The van der Waals surface area contributed by atoms with Gasteiger partial charge < -0.3 is 10.6 Å². The lowest BCUT2D eigenvalue weighted by Crippen LogP contribution is -2.12. The Kier molecular flexibility index (Phi) is 3.59. The summed E-state index contributed by atoms with van der Waals surface area (Å²) >= 11 is 0. The van der Waals surface area contributed by atoms with Crippen LogP contribution in [0.2, 0.25) is 0 Å². The van der Waals surface area contributed by atoms with E-state index < -0.39 is 0 Å². The van der Waals surface area contributed by atoms with Crippen LogP contribution in [0.15, 0.2) is 60.7 Å². The summed E-state index contributed by atoms with van der Waals surface area (Å²) in [6.07, 6.45) is 0. The number of fused-ring (bicyclic) bond motifs is 1. The van der Waals surface area contributed by atoms with E-state index in [1.54, 1.807) is 12.1 Å². The molecule has 21 heavy (non-hydrogen) atoms. The fourth-order valence-electron chi connectivity index (χ4n) is 2.67. The monoisotopic (exact) mass is 280 g/mol. The molecule has 3 heteroatoms. The third-order valence-electron chi connectivity index (χ3n) is 3.79. The van der Waals surface area contributed by atoms with Crippen molar-refractivity contribution in [3.63, 3.8) is 0 Å². The van der Waals surface area contributed by atoms with Crippen LogP contribution in [0, 0.1) is 5.82 Å². The van der Waals surface area contributed by atoms with Crippen molar-refractivity contribution in [1.29, 1.82) is 0 Å². The number of nitrogens with zero attached hydrogens (tertiary/aromatic N) is 1. The molecule has 2 nitrogen and oxygen atoms in total. The summed E-state index contributed by atoms with van der Waals surface area (Å²) in [7, 11) is 1.88. The molecule has 0 heterocycles. The van der Waals surface area contributed by atoms with Crippen molar-refractivity contribution < 1.29 is 4.39 Å². The molecular weight excluding hydrogens is 263 g/mol. The van der Waals surface area contributed by atoms with Crippen LogP contribution in [0.3, 0.4) is 0 Å². The molecule has 0 saturated heterocycles. The van der Waals surface area contributed by atoms with E-state index in [1.807, 2.05) is 48.3 Å². The highest BCUT2D eigenvalue weighted by Gasteiger charge is 2.12. The van der Waals surface area contributed by atoms with Gasteiger partial charge >= 0.3 is 0 Å². The molecule has 0 radical (unpaired) electrons. The van der Waals surface area contributed by atoms with E-state index in [-0.39, 0.29) is 5.82 Å². The number of rotatable bonds is 3. The van der Waals surface area contributed by atoms with Gasteiger partial charge in [-0.25, -0.2) is 4.39 Å². The van der Waals surface area contributed by atoms with Crippen molar-refractivity contribution in [1.82, 2.24) is 0 Å². The van der Waals surface area contributed by atoms with Gasteiger partial charge in [-0.3, -0.25) is 0 Å². The smallest absolute Gasteiger partial charge is 0.146 e. The van der Waals surface area contributed by atoms with Gasteiger partial charge in [0.25, 0.3) is 0 Å². The Morgan fingerprint density at radius 2 is 1.52 bits per heavy atom. The normalized spacial score (nSPS) is 10.8. The Morgan fingerprint density at radius 3 is 2.24 bits per heavy atom. The highest BCUT2D eigenvalue weighted by atomic mass is 19.1. The second-order valence-electron chi connectivity index (χ2n) is 5.00. The Labute approximate surface area is 123 Å². The molecule has 3 rings (SSSR count). The summed E-state index contributed by atoms with van der Waals surface area (Å²) in [5, 5.41) is 2.19. The molecule has 0 fully saturated rings. The van der Waals surface area contributed by atoms with Crippen molar-refractivity contribution >= 4 is 22.1 Å². The standard InChI is InChI=1S/C18H17FN2/c1-21(18-9-5-4-8-16(18)19)17-11-10-13(12-20)14-6-2-3-7-15(14)17/h2-11H,12,20H2,1H3. The molecule has 0 atom stereocenters. The van der Waals surface area contributed by atoms with Crippen molar-refractivity contribution in [3.05, 3.63) is 72.0 Å². The highest BCUT2D eigenvalue weighted by molar-refractivity contribution is 5.98. The second-order valence-corrected chi connectivity index (χ2v) is 5.00. The summed E-state index contributed by atoms with van der Waals surface area (Å²) in [5.41, 5.74) is 8.42. The lowest BCUT2D eigenvalue weighted by molar-refractivity contribution is 0.628. The molecule has 3 aromatic rings. The minimum absolute atomic E-state index is 0.230. The zero-order chi connectivity index (χ0) is 14.8. The first kappa shape index (κ1) is 13.6. The summed E-state index contributed by atoms with van der Waals surface area (Å²) in [6, 6.07) is 18.9. The quantitative estimate of drug-likeness (QED) is 0.779. The third kappa shape index (κ3) is 2.36. The van der Waals surface area contributed by atoms with E-state index in [9.17, 15) is 4.39 Å². The van der Waals surface area contributed by atoms with Gasteiger partial charge in [0.05, 0.1) is 5.69 Å². The maximum Gasteiger partial charge on any atom is 0.146 e. The fourth-order valence-corrected chi connectivity index (χ4v) is 2.67. The predicted octanol–water partition coefficient (Wildman–Crippen LogP) is 4.21. The number of halogens is 1. The average Bonchev–Trinajstić information content (AvgIpc) is 2.53. The molecule has 0 aliphatic rings. The van der Waals surface area contributed by atoms with Crippen LogP contribution >= 0.6 is 0 Å². The number of hydrogen-bond donors (Lipinski definition) is 1. The van der Waals surface area contributed by atoms with Crippen molar-refractivity contribution in [2.45, 2.75) is 6.54 Å². The van der Waals surface area contributed by atoms with Gasteiger partial charge in [-0.05, 0) is 29.1 Å². The van der Waals surface area contributed by atoms with Gasteiger partial charge in [0.1, 0.15) is 5.82 Å². The first-order valence-electron chi connectivity index (χ1n) is 6.91. The minimum Gasteiger partial charge on any atom is -0.342 e. The van der Waals surface area contributed by atoms with Crippen LogP contribution in [0.25, 0.3) is 10.8 Å². The zero-order valence-electron chi connectivity index (χ0n) is 11.9. The Bertz CT molecular complexity index is 783. The van der Waals surface area contributed by atoms with Gasteiger partial charge in [0.15, 0.2) is 0 Å². The maximum absolute atomic E-state index is 14.0. The van der Waals surface area contributed by atoms with E-state index in [4.69, 9.17) is 5.73 Å². The zero-order valence-corrected chi connectivity index (χ0v) is 11.9. The summed E-state index contributed by atoms with van der Waals surface area (Å²) < 4.78 is 14.0. The molecule has 3 aromatic carbocycles. The van der Waals surface area contributed by atoms with E-state index in [2.05, 4.69) is 6.07 Å². The summed E-state index contributed by atoms with van der Waals surface area (Å²) in [6.45, 7) is 0.490. The molecule has 0 aliphatic carbocycles. The van der Waals surface area contributed by atoms with Crippen LogP contribution in [0.5, 0.6) is 0 Å². The number of nitrogens with two attached hydrogens (primary N) is 1. The molecule has 0 saturated carbocycles. The van der Waals surface area contributed by atoms with Crippen LogP contribution in [0.4, 0.5) is 15.8 Å². The first-order valence-corrected chi connectivity index (χ1v) is 6.91. The van der Waals surface area contributed by atoms with Crippen molar-refractivity contribution in [2.24, 2.45) is 5.73 Å². The second kappa shape index (κ2) is 5.54. The van der Waals surface area contributed by atoms with E-state index >= 15 is 0 Å². The van der Waals surface area contributed by atoms with Crippen molar-refractivity contribution in [2.75, 3.05) is 11.9 Å². The number of hydrogen-bond acceptors (Lipinski definition) is 2. The van der Waals surface area contributed by atoms with Crippen LogP contribution < -0.4 is 10.6 Å². The molecule has 2 N–H and O–H groups in total. The third-order valence-corrected chi connectivity index (χ3v) is 3.79. The van der Waals surface area contributed by atoms with Gasteiger partial charge in [-0.15, -0.1) is 0 Å². The highest BCUT2D eigenvalue weighted by Crippen LogP contribution is 2.33. The lowest BCUT2D eigenvalue weighted by Gasteiger charge is -2.22. The Balaban J connectivity index is 2.19. The number of benzene rings is 3. The number of para-hydroxylation sites is 1. The van der Waals surface area contributed by atoms with Gasteiger partial charge in [0.2, 0.25) is 0 Å². The molecule has 0 spiro atoms. The van der Waals surface area contributed by atoms with E-state index in [0.29, 0.717) is 12.2 Å². The van der Waals surface area contributed by atoms with Crippen molar-refractivity contribution in [3.8, 4) is 0 Å². The maximum atomic E-state index is 14.0. The molecule has 0 unspecified atom stereocenters. The molecule has 0 aliphatic heterocycles. The molecule has 0 amide bonds. The molecule has 106 valence electrons. The molecular formula is C18H17FN2. The van der Waals surface area contributed by atoms with Crippen LogP contribution in [-0.4, -0.2) is 7.05 Å². The number of anilines is 2. The molecule has 0 bridgehead atoms. The van der Waals surface area contributed by atoms with Gasteiger partial charge in [0, 0.05) is 24.7 Å². The Hall–Kier alpha value is -2.39. The van der Waals surface area contributed by atoms with Gasteiger partial charge in [-0.1, -0.05) is 42.5 Å². The van der Waals surface area contributed by atoms with E-state index in [0.717, 1.165) is 22.0 Å². The summed E-state index contributed by atoms with van der Waals surface area (Å²) in [4.78, 5) is 1.87. The predicted molar refractivity (Wildman–Crippen MR) is 86.3 cm³/mol. The largest absolute Gasteiger partial charge is 0.342 e.